The number of hydrogen-bond donors (Lipinski definition) is 3. The molecule has 0 spiro atoms. The van der Waals surface area contributed by atoms with Crippen LogP contribution in [0.3, 0.4) is 0 Å². The van der Waals surface area contributed by atoms with Crippen LogP contribution in [0.15, 0.2) is 23.8 Å². The Hall–Kier alpha value is -1.13. The van der Waals surface area contributed by atoms with Crippen molar-refractivity contribution >= 4 is 5.91 Å². The summed E-state index contributed by atoms with van der Waals surface area (Å²) in [4.78, 5) is 10.8. The predicted molar refractivity (Wildman–Crippen MR) is 98.6 cm³/mol. The highest BCUT2D eigenvalue weighted by Crippen LogP contribution is 2.50. The van der Waals surface area contributed by atoms with Crippen LogP contribution in [-0.4, -0.2) is 28.3 Å². The van der Waals surface area contributed by atoms with Crippen molar-refractivity contribution in [2.75, 3.05) is 0 Å². The van der Waals surface area contributed by atoms with Crippen LogP contribution < -0.4 is 5.73 Å². The van der Waals surface area contributed by atoms with Crippen LogP contribution in [0.1, 0.15) is 64.2 Å². The zero-order valence-electron chi connectivity index (χ0n) is 15.1. The van der Waals surface area contributed by atoms with Gasteiger partial charge < -0.3 is 15.9 Å². The molecule has 4 nitrogen and oxygen atoms in total. The van der Waals surface area contributed by atoms with E-state index in [0.717, 1.165) is 44.9 Å². The molecule has 4 N–H and O–H groups in total. The van der Waals surface area contributed by atoms with Gasteiger partial charge in [-0.3, -0.25) is 4.79 Å². The van der Waals surface area contributed by atoms with Crippen molar-refractivity contribution in [1.82, 2.24) is 0 Å². The van der Waals surface area contributed by atoms with E-state index >= 15 is 0 Å². The Morgan fingerprint density at radius 3 is 2.76 bits per heavy atom. The Morgan fingerprint density at radius 1 is 1.28 bits per heavy atom. The van der Waals surface area contributed by atoms with E-state index in [4.69, 9.17) is 5.73 Å². The lowest BCUT2D eigenvalue weighted by Crippen LogP contribution is -2.19. The highest BCUT2D eigenvalue weighted by Gasteiger charge is 2.45. The Morgan fingerprint density at radius 2 is 2.04 bits per heavy atom. The molecule has 3 rings (SSSR count). The second kappa shape index (κ2) is 8.50. The average molecular weight is 347 g/mol. The summed E-state index contributed by atoms with van der Waals surface area (Å²) in [5.74, 6) is 1.43. The summed E-state index contributed by atoms with van der Waals surface area (Å²) >= 11 is 0. The summed E-state index contributed by atoms with van der Waals surface area (Å²) in [5, 5.41) is 20.8. The number of rotatable bonds is 7. The number of primary amides is 1. The van der Waals surface area contributed by atoms with Gasteiger partial charge in [0.2, 0.25) is 5.91 Å². The molecule has 3 fully saturated rings. The number of fused-ring (bicyclic) bond motifs is 1. The number of aliphatic hydroxyl groups is 2. The summed E-state index contributed by atoms with van der Waals surface area (Å²) in [6.07, 6.45) is 15.7. The van der Waals surface area contributed by atoms with Crippen molar-refractivity contribution in [3.05, 3.63) is 23.8 Å². The van der Waals surface area contributed by atoms with Gasteiger partial charge in [-0.05, 0) is 62.7 Å². The Kier molecular flexibility index (Phi) is 6.34. The van der Waals surface area contributed by atoms with Crippen LogP contribution in [0.5, 0.6) is 0 Å². The molecular formula is C21H33NO3. The predicted octanol–water partition coefficient (Wildman–Crippen LogP) is 3.08. The number of allylic oxidation sites excluding steroid dienone is 2. The summed E-state index contributed by atoms with van der Waals surface area (Å²) in [6, 6.07) is 0. The molecule has 0 bridgehead atoms. The number of aliphatic hydroxyl groups excluding tert-OH is 2. The van der Waals surface area contributed by atoms with Crippen molar-refractivity contribution in [3.63, 3.8) is 0 Å². The third kappa shape index (κ3) is 4.73. The molecule has 0 aromatic carbocycles. The molecule has 4 heteroatoms. The molecule has 0 aromatic heterocycles. The zero-order chi connectivity index (χ0) is 17.8. The van der Waals surface area contributed by atoms with Gasteiger partial charge in [-0.15, -0.1) is 0 Å². The maximum atomic E-state index is 10.8. The van der Waals surface area contributed by atoms with Gasteiger partial charge in [-0.25, -0.2) is 0 Å². The lowest BCUT2D eigenvalue weighted by molar-refractivity contribution is -0.118. The molecule has 1 amide bonds. The lowest BCUT2D eigenvalue weighted by Gasteiger charge is -2.19. The number of amides is 1. The molecular weight excluding hydrogens is 314 g/mol. The fourth-order valence-electron chi connectivity index (χ4n) is 5.22. The molecule has 25 heavy (non-hydrogen) atoms. The second-order valence-corrected chi connectivity index (χ2v) is 8.35. The number of carbonyl (C=O) groups is 1. The van der Waals surface area contributed by atoms with Crippen molar-refractivity contribution in [2.45, 2.75) is 76.4 Å². The van der Waals surface area contributed by atoms with E-state index in [9.17, 15) is 15.0 Å². The minimum absolute atomic E-state index is 0.178. The van der Waals surface area contributed by atoms with Gasteiger partial charge in [0.15, 0.2) is 0 Å². The maximum absolute atomic E-state index is 10.8. The summed E-state index contributed by atoms with van der Waals surface area (Å²) in [7, 11) is 0. The van der Waals surface area contributed by atoms with Crippen LogP contribution in [0.2, 0.25) is 0 Å². The highest BCUT2D eigenvalue weighted by molar-refractivity contribution is 5.73. The molecule has 3 aliphatic rings. The van der Waals surface area contributed by atoms with Crippen LogP contribution >= 0.6 is 0 Å². The van der Waals surface area contributed by atoms with Gasteiger partial charge >= 0.3 is 0 Å². The van der Waals surface area contributed by atoms with Gasteiger partial charge in [-0.1, -0.05) is 36.6 Å². The monoisotopic (exact) mass is 347 g/mol. The van der Waals surface area contributed by atoms with Crippen LogP contribution in [-0.2, 0) is 4.79 Å². The molecule has 0 unspecified atom stereocenters. The molecule has 0 heterocycles. The summed E-state index contributed by atoms with van der Waals surface area (Å²) in [5.41, 5.74) is 6.66. The van der Waals surface area contributed by atoms with Crippen molar-refractivity contribution < 1.29 is 15.0 Å². The fourth-order valence-corrected chi connectivity index (χ4v) is 5.22. The van der Waals surface area contributed by atoms with E-state index in [-0.39, 0.29) is 24.0 Å². The van der Waals surface area contributed by atoms with E-state index < -0.39 is 0 Å². The van der Waals surface area contributed by atoms with E-state index in [1.54, 1.807) is 0 Å². The van der Waals surface area contributed by atoms with Crippen LogP contribution in [0.4, 0.5) is 0 Å². The van der Waals surface area contributed by atoms with Gasteiger partial charge in [0, 0.05) is 12.3 Å². The maximum Gasteiger partial charge on any atom is 0.217 e. The van der Waals surface area contributed by atoms with Gasteiger partial charge in [0.1, 0.15) is 0 Å². The SMILES string of the molecule is NC(=O)CCCC=C1C[C@H]2C[C@@H](O)[C@H](/C=C/[C@H](O)C3CCCC3)[C@H]2C1. The lowest BCUT2D eigenvalue weighted by atomic mass is 9.89. The Balaban J connectivity index is 1.53. The van der Waals surface area contributed by atoms with E-state index in [2.05, 4.69) is 12.2 Å². The van der Waals surface area contributed by atoms with E-state index in [0.29, 0.717) is 24.2 Å². The first-order valence-corrected chi connectivity index (χ1v) is 10.0. The first kappa shape index (κ1) is 18.7. The minimum atomic E-state index is -0.348. The molecule has 0 radical (unpaired) electrons. The molecule has 140 valence electrons. The molecule has 5 atom stereocenters. The van der Waals surface area contributed by atoms with Crippen molar-refractivity contribution in [3.8, 4) is 0 Å². The summed E-state index contributed by atoms with van der Waals surface area (Å²) < 4.78 is 0. The van der Waals surface area contributed by atoms with Crippen molar-refractivity contribution in [2.24, 2.45) is 29.4 Å². The van der Waals surface area contributed by atoms with Gasteiger partial charge in [-0.2, -0.15) is 0 Å². The summed E-state index contributed by atoms with van der Waals surface area (Å²) in [6.45, 7) is 0. The largest absolute Gasteiger partial charge is 0.392 e. The van der Waals surface area contributed by atoms with E-state index in [1.165, 1.54) is 18.4 Å². The smallest absolute Gasteiger partial charge is 0.217 e. The highest BCUT2D eigenvalue weighted by atomic mass is 16.3. The minimum Gasteiger partial charge on any atom is -0.392 e. The van der Waals surface area contributed by atoms with Gasteiger partial charge in [0.05, 0.1) is 12.2 Å². The van der Waals surface area contributed by atoms with Crippen LogP contribution in [0.25, 0.3) is 0 Å². The molecule has 0 aromatic rings. The fraction of sp³-hybridized carbons (Fsp3) is 0.762. The zero-order valence-corrected chi connectivity index (χ0v) is 15.1. The molecule has 0 saturated heterocycles. The molecule has 3 aliphatic carbocycles. The first-order valence-electron chi connectivity index (χ1n) is 10.0. The van der Waals surface area contributed by atoms with Crippen molar-refractivity contribution in [1.29, 1.82) is 0 Å². The normalized spacial score (nSPS) is 35.7. The quantitative estimate of drug-likeness (QED) is 0.489. The topological polar surface area (TPSA) is 83.6 Å². The Bertz CT molecular complexity index is 521. The Labute approximate surface area is 151 Å². The number of carbonyl (C=O) groups excluding carboxylic acids is 1. The third-order valence-electron chi connectivity index (χ3n) is 6.58. The average Bonchev–Trinajstić information content (AvgIpc) is 3.26. The first-order chi connectivity index (χ1) is 12.0. The standard InChI is InChI=1S/C21H33NO3/c22-21(25)8-4-1-5-14-11-16-13-20(24)17(18(16)12-14)9-10-19(23)15-6-2-3-7-15/h5,9-10,15-20,23-24H,1-4,6-8,11-13H2,(H2,22,25)/b10-9+,14-5?/t16-,17+,18-,19-,20+/m0/s1. The van der Waals surface area contributed by atoms with E-state index in [1.807, 2.05) is 6.08 Å². The molecule has 3 saturated carbocycles. The third-order valence-corrected chi connectivity index (χ3v) is 6.58. The molecule has 0 aliphatic heterocycles. The van der Waals surface area contributed by atoms with Gasteiger partial charge in [0.25, 0.3) is 0 Å². The number of hydrogen-bond acceptors (Lipinski definition) is 3. The second-order valence-electron chi connectivity index (χ2n) is 8.35. The number of nitrogens with two attached hydrogens (primary N) is 1. The van der Waals surface area contributed by atoms with Crippen LogP contribution in [0, 0.1) is 23.7 Å². The number of unbranched alkanes of at least 4 members (excludes halogenated alkanes) is 1.